The van der Waals surface area contributed by atoms with E-state index in [4.69, 9.17) is 0 Å². The minimum absolute atomic E-state index is 0.0481. The summed E-state index contributed by atoms with van der Waals surface area (Å²) >= 11 is 3.21. The summed E-state index contributed by atoms with van der Waals surface area (Å²) in [6.07, 6.45) is 3.46. The lowest BCUT2D eigenvalue weighted by Gasteiger charge is -2.00. The topological polar surface area (TPSA) is 47.8 Å². The molecule has 0 spiro atoms. The van der Waals surface area contributed by atoms with Crippen molar-refractivity contribution in [3.05, 3.63) is 21.9 Å². The van der Waals surface area contributed by atoms with Gasteiger partial charge in [0.2, 0.25) is 5.78 Å². The summed E-state index contributed by atoms with van der Waals surface area (Å²) in [6, 6.07) is 0. The van der Waals surface area contributed by atoms with Gasteiger partial charge in [0.25, 0.3) is 0 Å². The molecule has 1 heterocycles. The standard InChI is InChI=1S/C10H14BrN3O/c1-4-7(5-2)6-8(15)9-10(11)12-13-14(9)3/h6H,4-5H2,1-3H3. The summed E-state index contributed by atoms with van der Waals surface area (Å²) in [5, 5.41) is 7.54. The zero-order valence-electron chi connectivity index (χ0n) is 9.12. The number of carbonyl (C=O) groups is 1. The number of rotatable bonds is 4. The molecule has 0 fully saturated rings. The van der Waals surface area contributed by atoms with E-state index in [1.807, 2.05) is 13.8 Å². The van der Waals surface area contributed by atoms with Gasteiger partial charge >= 0.3 is 0 Å². The first-order chi connectivity index (χ1) is 7.10. The molecule has 0 unspecified atom stereocenters. The molecule has 0 amide bonds. The van der Waals surface area contributed by atoms with Gasteiger partial charge in [-0.25, -0.2) is 4.68 Å². The summed E-state index contributed by atoms with van der Waals surface area (Å²) in [5.74, 6) is -0.0481. The molecule has 0 aliphatic carbocycles. The molecule has 0 saturated heterocycles. The molecule has 0 atom stereocenters. The molecule has 1 rings (SSSR count). The fraction of sp³-hybridized carbons (Fsp3) is 0.500. The van der Waals surface area contributed by atoms with Crippen molar-refractivity contribution >= 4 is 21.7 Å². The minimum atomic E-state index is -0.0481. The van der Waals surface area contributed by atoms with Crippen LogP contribution in [0.5, 0.6) is 0 Å². The van der Waals surface area contributed by atoms with E-state index in [0.717, 1.165) is 18.4 Å². The van der Waals surface area contributed by atoms with Gasteiger partial charge in [0.1, 0.15) is 5.69 Å². The first-order valence-corrected chi connectivity index (χ1v) is 5.68. The van der Waals surface area contributed by atoms with E-state index in [1.54, 1.807) is 13.1 Å². The van der Waals surface area contributed by atoms with Crippen LogP contribution in [0.15, 0.2) is 16.3 Å². The third-order valence-electron chi connectivity index (χ3n) is 2.26. The Hall–Kier alpha value is -0.970. The van der Waals surface area contributed by atoms with Crippen LogP contribution in [-0.2, 0) is 7.05 Å². The molecule has 5 heteroatoms. The van der Waals surface area contributed by atoms with Gasteiger partial charge in [-0.1, -0.05) is 24.6 Å². The first-order valence-electron chi connectivity index (χ1n) is 4.89. The van der Waals surface area contributed by atoms with Crippen molar-refractivity contribution in [2.45, 2.75) is 26.7 Å². The smallest absolute Gasteiger partial charge is 0.206 e. The number of aromatic nitrogens is 3. The molecular weight excluding hydrogens is 258 g/mol. The Morgan fingerprint density at radius 3 is 2.47 bits per heavy atom. The number of hydrogen-bond acceptors (Lipinski definition) is 3. The largest absolute Gasteiger partial charge is 0.287 e. The van der Waals surface area contributed by atoms with Crippen LogP contribution in [0, 0.1) is 0 Å². The number of nitrogens with zero attached hydrogens (tertiary/aromatic N) is 3. The molecule has 0 aliphatic rings. The zero-order valence-corrected chi connectivity index (χ0v) is 10.7. The van der Waals surface area contributed by atoms with E-state index in [0.29, 0.717) is 10.3 Å². The van der Waals surface area contributed by atoms with Gasteiger partial charge in [0, 0.05) is 7.05 Å². The predicted molar refractivity (Wildman–Crippen MR) is 61.7 cm³/mol. The second kappa shape index (κ2) is 5.21. The summed E-state index contributed by atoms with van der Waals surface area (Å²) in [5.41, 5.74) is 1.63. The molecule has 1 aromatic rings. The molecule has 0 aromatic carbocycles. The molecular formula is C10H14BrN3O. The van der Waals surface area contributed by atoms with Crippen LogP contribution >= 0.6 is 15.9 Å². The number of aryl methyl sites for hydroxylation is 1. The van der Waals surface area contributed by atoms with Crippen molar-refractivity contribution in [3.63, 3.8) is 0 Å². The number of hydrogen-bond donors (Lipinski definition) is 0. The second-order valence-electron chi connectivity index (χ2n) is 3.23. The van der Waals surface area contributed by atoms with Crippen LogP contribution < -0.4 is 0 Å². The molecule has 0 N–H and O–H groups in total. The van der Waals surface area contributed by atoms with Gasteiger partial charge in [-0.15, -0.1) is 5.10 Å². The van der Waals surface area contributed by atoms with Gasteiger partial charge < -0.3 is 0 Å². The lowest BCUT2D eigenvalue weighted by molar-refractivity contribution is 0.103. The Morgan fingerprint density at radius 1 is 1.47 bits per heavy atom. The van der Waals surface area contributed by atoms with Crippen LogP contribution in [0.2, 0.25) is 0 Å². The van der Waals surface area contributed by atoms with Crippen molar-refractivity contribution in [3.8, 4) is 0 Å². The Morgan fingerprint density at radius 2 is 2.07 bits per heavy atom. The average Bonchev–Trinajstić information content (AvgIpc) is 2.55. The van der Waals surface area contributed by atoms with E-state index >= 15 is 0 Å². The molecule has 0 bridgehead atoms. The van der Waals surface area contributed by atoms with Crippen molar-refractivity contribution in [1.82, 2.24) is 15.0 Å². The fourth-order valence-electron chi connectivity index (χ4n) is 1.30. The molecule has 0 radical (unpaired) electrons. The third-order valence-corrected chi connectivity index (χ3v) is 2.80. The van der Waals surface area contributed by atoms with Crippen LogP contribution in [0.4, 0.5) is 0 Å². The Bertz CT molecular complexity index is 370. The quantitative estimate of drug-likeness (QED) is 0.625. The Kier molecular flexibility index (Phi) is 4.20. The third kappa shape index (κ3) is 2.75. The van der Waals surface area contributed by atoms with Crippen LogP contribution in [0.25, 0.3) is 0 Å². The highest BCUT2D eigenvalue weighted by Gasteiger charge is 2.14. The lowest BCUT2D eigenvalue weighted by atomic mass is 10.1. The molecule has 82 valence electrons. The summed E-state index contributed by atoms with van der Waals surface area (Å²) in [6.45, 7) is 4.08. The van der Waals surface area contributed by atoms with E-state index < -0.39 is 0 Å². The minimum Gasteiger partial charge on any atom is -0.287 e. The van der Waals surface area contributed by atoms with Crippen molar-refractivity contribution in [1.29, 1.82) is 0 Å². The average molecular weight is 272 g/mol. The van der Waals surface area contributed by atoms with Crippen LogP contribution in [0.3, 0.4) is 0 Å². The number of halogens is 1. The normalized spacial score (nSPS) is 10.1. The van der Waals surface area contributed by atoms with E-state index in [1.165, 1.54) is 4.68 Å². The van der Waals surface area contributed by atoms with Gasteiger partial charge in [-0.05, 0) is 34.8 Å². The highest BCUT2D eigenvalue weighted by molar-refractivity contribution is 9.10. The van der Waals surface area contributed by atoms with E-state index in [9.17, 15) is 4.79 Å². The van der Waals surface area contributed by atoms with Gasteiger partial charge in [0.05, 0.1) is 0 Å². The molecule has 0 aliphatic heterocycles. The van der Waals surface area contributed by atoms with Crippen molar-refractivity contribution < 1.29 is 4.79 Å². The fourth-order valence-corrected chi connectivity index (χ4v) is 1.82. The van der Waals surface area contributed by atoms with Gasteiger partial charge in [-0.3, -0.25) is 4.79 Å². The summed E-state index contributed by atoms with van der Waals surface area (Å²) < 4.78 is 1.98. The van der Waals surface area contributed by atoms with Crippen LogP contribution in [0.1, 0.15) is 37.2 Å². The molecule has 0 saturated carbocycles. The van der Waals surface area contributed by atoms with Gasteiger partial charge in [0.15, 0.2) is 4.60 Å². The number of allylic oxidation sites excluding steroid dienone is 2. The summed E-state index contributed by atoms with van der Waals surface area (Å²) in [4.78, 5) is 11.9. The Balaban J connectivity index is 3.00. The number of ketones is 1. The Labute approximate surface area is 97.5 Å². The molecule has 1 aromatic heterocycles. The highest BCUT2D eigenvalue weighted by Crippen LogP contribution is 2.15. The molecule has 4 nitrogen and oxygen atoms in total. The number of carbonyl (C=O) groups excluding carboxylic acids is 1. The van der Waals surface area contributed by atoms with E-state index in [2.05, 4.69) is 26.2 Å². The maximum absolute atomic E-state index is 11.9. The van der Waals surface area contributed by atoms with Crippen LogP contribution in [-0.4, -0.2) is 20.8 Å². The first kappa shape index (κ1) is 12.1. The van der Waals surface area contributed by atoms with Gasteiger partial charge in [-0.2, -0.15) is 0 Å². The summed E-state index contributed by atoms with van der Waals surface area (Å²) in [7, 11) is 1.70. The van der Waals surface area contributed by atoms with Crippen molar-refractivity contribution in [2.75, 3.05) is 0 Å². The predicted octanol–water partition coefficient (Wildman–Crippen LogP) is 2.51. The molecule has 15 heavy (non-hydrogen) atoms. The lowest BCUT2D eigenvalue weighted by Crippen LogP contribution is -2.05. The van der Waals surface area contributed by atoms with E-state index in [-0.39, 0.29) is 5.78 Å². The monoisotopic (exact) mass is 271 g/mol. The van der Waals surface area contributed by atoms with Crippen molar-refractivity contribution in [2.24, 2.45) is 7.05 Å². The second-order valence-corrected chi connectivity index (χ2v) is 3.98. The highest BCUT2D eigenvalue weighted by atomic mass is 79.9. The maximum Gasteiger partial charge on any atom is 0.206 e. The SMILES string of the molecule is CCC(=CC(=O)c1c(Br)nnn1C)CC. The zero-order chi connectivity index (χ0) is 11.4. The maximum atomic E-state index is 11.9.